The van der Waals surface area contributed by atoms with Gasteiger partial charge < -0.3 is 4.74 Å². The third-order valence-corrected chi connectivity index (χ3v) is 2.16. The van der Waals surface area contributed by atoms with E-state index in [1.165, 1.54) is 10.9 Å². The van der Waals surface area contributed by atoms with E-state index in [2.05, 4.69) is 4.98 Å². The summed E-state index contributed by atoms with van der Waals surface area (Å²) in [4.78, 5) is 15.6. The summed E-state index contributed by atoms with van der Waals surface area (Å²) in [6.45, 7) is 1.72. The Labute approximate surface area is 93.5 Å². The lowest BCUT2D eigenvalue weighted by Gasteiger charge is -2.13. The number of para-hydroxylation sites is 1. The maximum absolute atomic E-state index is 11.8. The predicted molar refractivity (Wildman–Crippen MR) is 59.4 cm³/mol. The van der Waals surface area contributed by atoms with E-state index in [1.54, 1.807) is 19.3 Å². The fraction of sp³-hybridized carbons (Fsp3) is 0.167. The van der Waals surface area contributed by atoms with Crippen molar-refractivity contribution in [2.45, 2.75) is 13.0 Å². The molecule has 16 heavy (non-hydrogen) atoms. The Morgan fingerprint density at radius 1 is 1.38 bits per heavy atom. The van der Waals surface area contributed by atoms with E-state index in [0.29, 0.717) is 5.75 Å². The molecule has 0 spiro atoms. The summed E-state index contributed by atoms with van der Waals surface area (Å²) in [7, 11) is 0. The monoisotopic (exact) mass is 216 g/mol. The summed E-state index contributed by atoms with van der Waals surface area (Å²) in [5.74, 6) is 0.546. The van der Waals surface area contributed by atoms with Crippen LogP contribution in [0.15, 0.2) is 49.1 Å². The van der Waals surface area contributed by atoms with Crippen molar-refractivity contribution in [3.8, 4) is 5.75 Å². The minimum Gasteiger partial charge on any atom is -0.481 e. The molecule has 2 aromatic rings. The first-order valence-corrected chi connectivity index (χ1v) is 5.01. The lowest BCUT2D eigenvalue weighted by Crippen LogP contribution is -2.28. The van der Waals surface area contributed by atoms with Gasteiger partial charge in [-0.15, -0.1) is 0 Å². The van der Waals surface area contributed by atoms with Crippen molar-refractivity contribution in [1.29, 1.82) is 0 Å². The van der Waals surface area contributed by atoms with Crippen LogP contribution in [0.4, 0.5) is 0 Å². The molecule has 1 aromatic heterocycles. The Kier molecular flexibility index (Phi) is 3.00. The van der Waals surface area contributed by atoms with Gasteiger partial charge in [-0.3, -0.25) is 9.36 Å². The number of carbonyl (C=O) groups is 1. The standard InChI is InChI=1S/C12H12N2O2/c1-10(12(15)14-8-7-13-9-14)16-11-5-3-2-4-6-11/h2-10H,1H3. The smallest absolute Gasteiger partial charge is 0.272 e. The summed E-state index contributed by atoms with van der Waals surface area (Å²) >= 11 is 0. The Balaban J connectivity index is 2.04. The van der Waals surface area contributed by atoms with E-state index < -0.39 is 6.10 Å². The van der Waals surface area contributed by atoms with Crippen molar-refractivity contribution in [1.82, 2.24) is 9.55 Å². The molecule has 0 aliphatic carbocycles. The minimum atomic E-state index is -0.531. The molecule has 0 amide bonds. The average Bonchev–Trinajstić information content (AvgIpc) is 2.83. The summed E-state index contributed by atoms with van der Waals surface area (Å²) < 4.78 is 6.91. The summed E-state index contributed by atoms with van der Waals surface area (Å²) in [5, 5.41) is 0. The van der Waals surface area contributed by atoms with Crippen LogP contribution in [0.5, 0.6) is 5.75 Å². The molecule has 0 aliphatic rings. The lowest BCUT2D eigenvalue weighted by molar-refractivity contribution is 0.0727. The topological polar surface area (TPSA) is 44.1 Å². The molecule has 82 valence electrons. The second kappa shape index (κ2) is 4.61. The van der Waals surface area contributed by atoms with Gasteiger partial charge in [0.1, 0.15) is 12.1 Å². The van der Waals surface area contributed by atoms with Gasteiger partial charge in [-0.05, 0) is 19.1 Å². The fourth-order valence-electron chi connectivity index (χ4n) is 1.35. The van der Waals surface area contributed by atoms with Crippen LogP contribution < -0.4 is 4.74 Å². The highest BCUT2D eigenvalue weighted by Crippen LogP contribution is 2.11. The van der Waals surface area contributed by atoms with Crippen molar-refractivity contribution in [2.24, 2.45) is 0 Å². The van der Waals surface area contributed by atoms with Crippen molar-refractivity contribution >= 4 is 5.91 Å². The predicted octanol–water partition coefficient (Wildman–Crippen LogP) is 1.99. The number of hydrogen-bond donors (Lipinski definition) is 0. The number of nitrogens with zero attached hydrogens (tertiary/aromatic N) is 2. The number of imidazole rings is 1. The third kappa shape index (κ3) is 2.28. The number of rotatable bonds is 3. The molecule has 2 rings (SSSR count). The van der Waals surface area contributed by atoms with E-state index >= 15 is 0 Å². The summed E-state index contributed by atoms with van der Waals surface area (Å²) in [6, 6.07) is 9.26. The number of benzene rings is 1. The number of carbonyl (C=O) groups excluding carboxylic acids is 1. The molecule has 0 aliphatic heterocycles. The second-order valence-electron chi connectivity index (χ2n) is 3.38. The lowest BCUT2D eigenvalue weighted by atomic mass is 10.3. The van der Waals surface area contributed by atoms with E-state index in [0.717, 1.165) is 0 Å². The highest BCUT2D eigenvalue weighted by atomic mass is 16.5. The van der Waals surface area contributed by atoms with Gasteiger partial charge in [-0.2, -0.15) is 0 Å². The SMILES string of the molecule is CC(Oc1ccccc1)C(=O)n1ccnc1. The molecule has 4 nitrogen and oxygen atoms in total. The van der Waals surface area contributed by atoms with Crippen LogP contribution in [0.25, 0.3) is 0 Å². The van der Waals surface area contributed by atoms with Crippen molar-refractivity contribution in [3.63, 3.8) is 0 Å². The fourth-order valence-corrected chi connectivity index (χ4v) is 1.35. The van der Waals surface area contributed by atoms with Crippen LogP contribution in [0.3, 0.4) is 0 Å². The molecular weight excluding hydrogens is 204 g/mol. The molecule has 0 fully saturated rings. The zero-order chi connectivity index (χ0) is 11.4. The van der Waals surface area contributed by atoms with Gasteiger partial charge in [-0.1, -0.05) is 18.2 Å². The average molecular weight is 216 g/mol. The molecule has 0 saturated carbocycles. The van der Waals surface area contributed by atoms with E-state index in [4.69, 9.17) is 4.74 Å². The van der Waals surface area contributed by atoms with Gasteiger partial charge in [-0.25, -0.2) is 4.98 Å². The van der Waals surface area contributed by atoms with Gasteiger partial charge >= 0.3 is 0 Å². The zero-order valence-corrected chi connectivity index (χ0v) is 8.91. The number of aromatic nitrogens is 2. The van der Waals surface area contributed by atoms with Crippen LogP contribution in [0.1, 0.15) is 11.7 Å². The largest absolute Gasteiger partial charge is 0.481 e. The van der Waals surface area contributed by atoms with Gasteiger partial charge in [0.05, 0.1) is 0 Å². The Morgan fingerprint density at radius 3 is 2.75 bits per heavy atom. The molecule has 0 bridgehead atoms. The van der Waals surface area contributed by atoms with Crippen LogP contribution >= 0.6 is 0 Å². The van der Waals surface area contributed by atoms with Gasteiger partial charge in [0, 0.05) is 12.4 Å². The highest BCUT2D eigenvalue weighted by molar-refractivity contribution is 5.83. The van der Waals surface area contributed by atoms with Crippen molar-refractivity contribution in [2.75, 3.05) is 0 Å². The normalized spacial score (nSPS) is 12.1. The van der Waals surface area contributed by atoms with Gasteiger partial charge in [0.25, 0.3) is 5.91 Å². The second-order valence-corrected chi connectivity index (χ2v) is 3.38. The molecular formula is C12H12N2O2. The Hall–Kier alpha value is -2.10. The van der Waals surface area contributed by atoms with Crippen molar-refractivity contribution < 1.29 is 9.53 Å². The molecule has 4 heteroatoms. The molecule has 0 N–H and O–H groups in total. The quantitative estimate of drug-likeness (QED) is 0.788. The van der Waals surface area contributed by atoms with Crippen LogP contribution in [-0.2, 0) is 0 Å². The Bertz CT molecular complexity index is 451. The van der Waals surface area contributed by atoms with Crippen molar-refractivity contribution in [3.05, 3.63) is 49.1 Å². The molecule has 1 atom stereocenters. The van der Waals surface area contributed by atoms with Crippen LogP contribution in [-0.4, -0.2) is 21.6 Å². The molecule has 1 heterocycles. The summed E-state index contributed by atoms with van der Waals surface area (Å²) in [5.41, 5.74) is 0. The third-order valence-electron chi connectivity index (χ3n) is 2.16. The maximum atomic E-state index is 11.8. The first-order valence-electron chi connectivity index (χ1n) is 5.01. The maximum Gasteiger partial charge on any atom is 0.272 e. The number of ether oxygens (including phenoxy) is 1. The minimum absolute atomic E-state index is 0.138. The highest BCUT2D eigenvalue weighted by Gasteiger charge is 2.15. The van der Waals surface area contributed by atoms with Crippen LogP contribution in [0.2, 0.25) is 0 Å². The van der Waals surface area contributed by atoms with Crippen LogP contribution in [0, 0.1) is 0 Å². The molecule has 0 saturated heterocycles. The first kappa shape index (κ1) is 10.4. The van der Waals surface area contributed by atoms with E-state index in [-0.39, 0.29) is 5.91 Å². The zero-order valence-electron chi connectivity index (χ0n) is 8.91. The van der Waals surface area contributed by atoms with E-state index in [1.807, 2.05) is 30.3 Å². The molecule has 1 unspecified atom stereocenters. The Morgan fingerprint density at radius 2 is 2.12 bits per heavy atom. The van der Waals surface area contributed by atoms with Gasteiger partial charge in [0.2, 0.25) is 0 Å². The first-order chi connectivity index (χ1) is 7.77. The molecule has 0 radical (unpaired) electrons. The van der Waals surface area contributed by atoms with Gasteiger partial charge in [0.15, 0.2) is 6.10 Å². The summed E-state index contributed by atoms with van der Waals surface area (Å²) in [6.07, 6.45) is 4.10. The van der Waals surface area contributed by atoms with E-state index in [9.17, 15) is 4.79 Å². The molecule has 1 aromatic carbocycles. The number of hydrogen-bond acceptors (Lipinski definition) is 3.